The van der Waals surface area contributed by atoms with Crippen molar-refractivity contribution in [1.82, 2.24) is 19.7 Å². The number of hydrogen-bond acceptors (Lipinski definition) is 8. The molecule has 1 saturated heterocycles. The Hall–Kier alpha value is -2.78. The number of hydrogen-bond donors (Lipinski definition) is 1. The molecule has 1 atom stereocenters. The number of thiophene rings is 1. The van der Waals surface area contributed by atoms with Crippen LogP contribution < -0.4 is 5.32 Å². The van der Waals surface area contributed by atoms with E-state index in [0.717, 1.165) is 25.2 Å². The number of thioether (sulfide) groups is 1. The van der Waals surface area contributed by atoms with Crippen LogP contribution in [0.1, 0.15) is 12.5 Å². The molecule has 11 heteroatoms. The molecular formula is C22H23FN6O2S2. The summed E-state index contributed by atoms with van der Waals surface area (Å²) >= 11 is 2.61. The summed E-state index contributed by atoms with van der Waals surface area (Å²) in [5.41, 5.74) is 1.20. The van der Waals surface area contributed by atoms with Crippen molar-refractivity contribution in [2.75, 3.05) is 38.2 Å². The summed E-state index contributed by atoms with van der Waals surface area (Å²) in [5.74, 6) is 0.0942. The summed E-state index contributed by atoms with van der Waals surface area (Å²) in [6.07, 6.45) is 0. The molecule has 0 radical (unpaired) electrons. The molecule has 0 aliphatic carbocycles. The number of ether oxygens (including phenoxy) is 1. The summed E-state index contributed by atoms with van der Waals surface area (Å²) in [5, 5.41) is 23.1. The second kappa shape index (κ2) is 10.9. The van der Waals surface area contributed by atoms with Crippen molar-refractivity contribution >= 4 is 34.0 Å². The molecule has 3 aromatic rings. The van der Waals surface area contributed by atoms with Gasteiger partial charge in [-0.2, -0.15) is 5.26 Å². The highest BCUT2D eigenvalue weighted by Crippen LogP contribution is 2.29. The summed E-state index contributed by atoms with van der Waals surface area (Å²) in [7, 11) is 0. The number of carbonyl (C=O) groups excluding carboxylic acids is 1. The highest BCUT2D eigenvalue weighted by Gasteiger charge is 2.23. The van der Waals surface area contributed by atoms with Crippen molar-refractivity contribution in [3.8, 4) is 17.5 Å². The van der Waals surface area contributed by atoms with Crippen LogP contribution >= 0.6 is 23.1 Å². The van der Waals surface area contributed by atoms with Gasteiger partial charge >= 0.3 is 0 Å². The Kier molecular flexibility index (Phi) is 7.72. The minimum absolute atomic E-state index is 0.218. The van der Waals surface area contributed by atoms with E-state index in [1.165, 1.54) is 35.2 Å². The lowest BCUT2D eigenvalue weighted by Crippen LogP contribution is -2.38. The van der Waals surface area contributed by atoms with E-state index in [1.807, 2.05) is 4.57 Å². The largest absolute Gasteiger partial charge is 0.379 e. The zero-order valence-electron chi connectivity index (χ0n) is 18.0. The number of amides is 1. The number of nitrogens with one attached hydrogen (secondary N) is 1. The fraction of sp³-hybridized carbons (Fsp3) is 0.364. The van der Waals surface area contributed by atoms with Gasteiger partial charge in [0.2, 0.25) is 5.91 Å². The van der Waals surface area contributed by atoms with Gasteiger partial charge in [-0.3, -0.25) is 9.69 Å². The third kappa shape index (κ3) is 5.78. The molecule has 1 aliphatic heterocycles. The van der Waals surface area contributed by atoms with Crippen LogP contribution in [0.25, 0.3) is 11.4 Å². The lowest BCUT2D eigenvalue weighted by Gasteiger charge is -2.27. The number of aromatic nitrogens is 3. The predicted octanol–water partition coefficient (Wildman–Crippen LogP) is 3.47. The van der Waals surface area contributed by atoms with Crippen molar-refractivity contribution in [3.63, 3.8) is 0 Å². The molecule has 1 amide bonds. The van der Waals surface area contributed by atoms with Gasteiger partial charge < -0.3 is 14.6 Å². The van der Waals surface area contributed by atoms with Crippen molar-refractivity contribution in [2.45, 2.75) is 23.9 Å². The van der Waals surface area contributed by atoms with Crippen molar-refractivity contribution in [3.05, 3.63) is 47.1 Å². The van der Waals surface area contributed by atoms with Gasteiger partial charge in [-0.05, 0) is 42.6 Å². The first-order valence-electron chi connectivity index (χ1n) is 10.5. The molecule has 1 N–H and O–H groups in total. The Morgan fingerprint density at radius 2 is 2.03 bits per heavy atom. The summed E-state index contributed by atoms with van der Waals surface area (Å²) in [4.78, 5) is 15.1. The molecule has 1 aromatic carbocycles. The number of nitriles is 1. The predicted molar refractivity (Wildman–Crippen MR) is 126 cm³/mol. The minimum Gasteiger partial charge on any atom is -0.379 e. The van der Waals surface area contributed by atoms with E-state index >= 15 is 0 Å². The molecule has 33 heavy (non-hydrogen) atoms. The fourth-order valence-electron chi connectivity index (χ4n) is 3.38. The molecule has 1 aliphatic rings. The zero-order chi connectivity index (χ0) is 23.2. The third-order valence-electron chi connectivity index (χ3n) is 5.24. The molecule has 1 fully saturated rings. The molecule has 0 bridgehead atoms. The van der Waals surface area contributed by atoms with Gasteiger partial charge in [0.05, 0.1) is 24.0 Å². The highest BCUT2D eigenvalue weighted by atomic mass is 32.2. The van der Waals surface area contributed by atoms with Gasteiger partial charge in [-0.15, -0.1) is 21.5 Å². The molecule has 4 rings (SSSR count). The molecule has 2 aromatic heterocycles. The number of rotatable bonds is 8. The van der Waals surface area contributed by atoms with Gasteiger partial charge in [0.15, 0.2) is 11.0 Å². The Morgan fingerprint density at radius 3 is 2.76 bits per heavy atom. The van der Waals surface area contributed by atoms with E-state index < -0.39 is 5.25 Å². The van der Waals surface area contributed by atoms with Crippen molar-refractivity contribution in [2.24, 2.45) is 0 Å². The fourth-order valence-corrected chi connectivity index (χ4v) is 4.99. The number of benzene rings is 1. The Balaban J connectivity index is 1.52. The van der Waals surface area contributed by atoms with Gasteiger partial charge in [-0.25, -0.2) is 4.39 Å². The first-order valence-corrected chi connectivity index (χ1v) is 12.3. The monoisotopic (exact) mass is 486 g/mol. The van der Waals surface area contributed by atoms with Crippen LogP contribution in [-0.2, 0) is 16.1 Å². The van der Waals surface area contributed by atoms with E-state index in [2.05, 4.69) is 26.5 Å². The van der Waals surface area contributed by atoms with Crippen molar-refractivity contribution in [1.29, 1.82) is 5.26 Å². The van der Waals surface area contributed by atoms with Crippen molar-refractivity contribution < 1.29 is 13.9 Å². The topological polar surface area (TPSA) is 96.1 Å². The summed E-state index contributed by atoms with van der Waals surface area (Å²) in [6.45, 7) is 6.33. The maximum absolute atomic E-state index is 13.4. The third-order valence-corrected chi connectivity index (χ3v) is 7.15. The van der Waals surface area contributed by atoms with E-state index in [9.17, 15) is 9.18 Å². The van der Waals surface area contributed by atoms with E-state index in [1.54, 1.807) is 30.5 Å². The molecule has 0 spiro atoms. The second-order valence-electron chi connectivity index (χ2n) is 7.44. The van der Waals surface area contributed by atoms with Crippen LogP contribution in [0.2, 0.25) is 0 Å². The normalized spacial score (nSPS) is 15.2. The van der Waals surface area contributed by atoms with Gasteiger partial charge in [-0.1, -0.05) is 11.8 Å². The average molecular weight is 487 g/mol. The highest BCUT2D eigenvalue weighted by molar-refractivity contribution is 8.00. The van der Waals surface area contributed by atoms with E-state index in [0.29, 0.717) is 41.3 Å². The van der Waals surface area contributed by atoms with Crippen LogP contribution in [-0.4, -0.2) is 63.7 Å². The molecule has 0 unspecified atom stereocenters. The molecule has 8 nitrogen and oxygen atoms in total. The number of nitrogens with zero attached hydrogens (tertiary/aromatic N) is 5. The molecule has 0 saturated carbocycles. The summed E-state index contributed by atoms with van der Waals surface area (Å²) < 4.78 is 20.8. The number of morpholine rings is 1. The Labute approximate surface area is 199 Å². The first-order chi connectivity index (χ1) is 16.0. The Bertz CT molecular complexity index is 1130. The first kappa shape index (κ1) is 23.4. The van der Waals surface area contributed by atoms with Gasteiger partial charge in [0.25, 0.3) is 0 Å². The van der Waals surface area contributed by atoms with Crippen LogP contribution in [0.5, 0.6) is 0 Å². The van der Waals surface area contributed by atoms with Gasteiger partial charge in [0, 0.05) is 31.7 Å². The zero-order valence-corrected chi connectivity index (χ0v) is 19.7. The van der Waals surface area contributed by atoms with Crippen LogP contribution in [0.15, 0.2) is 40.9 Å². The quantitative estimate of drug-likeness (QED) is 0.487. The van der Waals surface area contributed by atoms with E-state index in [4.69, 9.17) is 10.00 Å². The Morgan fingerprint density at radius 1 is 1.27 bits per heavy atom. The minimum atomic E-state index is -0.467. The SMILES string of the molecule is C[C@H](Sc1nnc(-c2ccc(F)cc2)n1CCN1CCOCC1)C(=O)Nc1sccc1C#N. The molecule has 172 valence electrons. The summed E-state index contributed by atoms with van der Waals surface area (Å²) in [6, 6.07) is 9.89. The standard InChI is InChI=1S/C22H23FN6O2S2/c1-15(20(30)25-21-17(14-24)6-13-32-21)33-22-27-26-19(16-2-4-18(23)5-3-16)29(22)8-7-28-9-11-31-12-10-28/h2-6,13,15H,7-12H2,1H3,(H,25,30)/t15-/m0/s1. The second-order valence-corrected chi connectivity index (χ2v) is 9.67. The van der Waals surface area contributed by atoms with Crippen LogP contribution in [0.4, 0.5) is 9.39 Å². The molecular weight excluding hydrogens is 463 g/mol. The van der Waals surface area contributed by atoms with Crippen LogP contribution in [0.3, 0.4) is 0 Å². The van der Waals surface area contributed by atoms with Crippen LogP contribution in [0, 0.1) is 17.1 Å². The average Bonchev–Trinajstić information content (AvgIpc) is 3.45. The smallest absolute Gasteiger partial charge is 0.238 e. The number of carbonyl (C=O) groups is 1. The maximum Gasteiger partial charge on any atom is 0.238 e. The lowest BCUT2D eigenvalue weighted by atomic mass is 10.2. The molecule has 3 heterocycles. The number of anilines is 1. The number of halogens is 1. The lowest BCUT2D eigenvalue weighted by molar-refractivity contribution is -0.115. The van der Waals surface area contributed by atoms with Gasteiger partial charge in [0.1, 0.15) is 16.9 Å². The maximum atomic E-state index is 13.4. The van der Waals surface area contributed by atoms with E-state index in [-0.39, 0.29) is 11.7 Å².